The minimum Gasteiger partial charge on any atom is -0.490 e. The highest BCUT2D eigenvalue weighted by Crippen LogP contribution is 2.28. The fourth-order valence-electron chi connectivity index (χ4n) is 5.40. The van der Waals surface area contributed by atoms with Crippen LogP contribution in [0.5, 0.6) is 11.5 Å². The number of nitrogens with one attached hydrogen (secondary N) is 1. The smallest absolute Gasteiger partial charge is 0.272 e. The van der Waals surface area contributed by atoms with Crippen molar-refractivity contribution in [1.82, 2.24) is 24.4 Å². The van der Waals surface area contributed by atoms with Crippen molar-refractivity contribution in [1.29, 1.82) is 0 Å². The van der Waals surface area contributed by atoms with E-state index in [1.54, 1.807) is 36.2 Å². The Kier molecular flexibility index (Phi) is 13.0. The molecule has 9 nitrogen and oxygen atoms in total. The van der Waals surface area contributed by atoms with Crippen molar-refractivity contribution < 1.29 is 22.9 Å². The number of pyridine rings is 1. The Balaban J connectivity index is 0.00000500. The number of likely N-dealkylation sites (tertiary alicyclic amines) is 2. The second-order valence-corrected chi connectivity index (χ2v) is 13.5. The molecule has 0 spiro atoms. The maximum atomic E-state index is 13.9. The number of benzene rings is 2. The third-order valence-electron chi connectivity index (χ3n) is 8.54. The van der Waals surface area contributed by atoms with E-state index in [4.69, 9.17) is 8.92 Å². The lowest BCUT2D eigenvalue weighted by atomic mass is 10.0. The molecule has 1 N–H and O–H groups in total. The van der Waals surface area contributed by atoms with Gasteiger partial charge in [0.1, 0.15) is 35.5 Å². The Morgan fingerprint density at radius 2 is 1.60 bits per heavy atom. The van der Waals surface area contributed by atoms with E-state index < -0.39 is 5.79 Å². The number of alkyl halides is 1. The van der Waals surface area contributed by atoms with E-state index in [0.29, 0.717) is 48.7 Å². The number of halogens is 1. The number of ether oxygens (including phenoxy) is 1. The van der Waals surface area contributed by atoms with Crippen molar-refractivity contribution in [3.8, 4) is 11.5 Å². The number of carbonyl (C=O) groups excluding carboxylic acids is 2. The molecule has 254 valence electrons. The quantitative estimate of drug-likeness (QED) is 0.146. The molecule has 47 heavy (non-hydrogen) atoms. The molecule has 5 rings (SSSR count). The van der Waals surface area contributed by atoms with Gasteiger partial charge in [0.2, 0.25) is 0 Å². The van der Waals surface area contributed by atoms with Crippen LogP contribution in [-0.4, -0.2) is 82.1 Å². The Morgan fingerprint density at radius 3 is 2.19 bits per heavy atom. The lowest BCUT2D eigenvalue weighted by molar-refractivity contribution is 0.0589. The lowest BCUT2D eigenvalue weighted by Gasteiger charge is -2.32. The van der Waals surface area contributed by atoms with E-state index in [1.165, 1.54) is 35.5 Å². The summed E-state index contributed by atoms with van der Waals surface area (Å²) in [6.45, 7) is 8.93. The molecule has 0 radical (unpaired) electrons. The summed E-state index contributed by atoms with van der Waals surface area (Å²) in [6.07, 6.45) is 4.67. The standard InChI is InChI=1S/C35H44FN5O4S.H2S/c1-25-5-7-26(8-6-25)24-40-19-15-28(16-20-40)38-33(42)27-9-14-32(37-23-27)34(43)41-21-17-30(18-22-41)44-29-10-12-31(13-11-29)45-46-39(4)35(2,3)36;/h5-14,23,28,30H,15-22,24H2,1-4H3,(H,38,42);1H2. The first-order valence-corrected chi connectivity index (χ1v) is 16.6. The van der Waals surface area contributed by atoms with Crippen LogP contribution in [0.2, 0.25) is 0 Å². The van der Waals surface area contributed by atoms with Crippen molar-refractivity contribution in [2.45, 2.75) is 70.9 Å². The summed E-state index contributed by atoms with van der Waals surface area (Å²) < 4.78 is 27.0. The van der Waals surface area contributed by atoms with Gasteiger partial charge >= 0.3 is 0 Å². The highest BCUT2D eigenvalue weighted by atomic mass is 32.2. The van der Waals surface area contributed by atoms with Gasteiger partial charge in [0.25, 0.3) is 11.8 Å². The monoisotopic (exact) mass is 683 g/mol. The molecule has 0 bridgehead atoms. The summed E-state index contributed by atoms with van der Waals surface area (Å²) in [5.74, 6) is -0.493. The van der Waals surface area contributed by atoms with Crippen LogP contribution >= 0.6 is 25.7 Å². The number of hydrogen-bond acceptors (Lipinski definition) is 8. The molecule has 0 aliphatic carbocycles. The number of hydrogen-bond donors (Lipinski definition) is 1. The molecule has 12 heteroatoms. The molecule has 1 aromatic heterocycles. The Morgan fingerprint density at radius 1 is 0.957 bits per heavy atom. The average Bonchev–Trinajstić information content (AvgIpc) is 3.06. The molecular weight excluding hydrogens is 638 g/mol. The van der Waals surface area contributed by atoms with Crippen molar-refractivity contribution in [2.24, 2.45) is 0 Å². The zero-order valence-electron chi connectivity index (χ0n) is 27.6. The second-order valence-electron chi connectivity index (χ2n) is 12.6. The third kappa shape index (κ3) is 10.6. The lowest BCUT2D eigenvalue weighted by Crippen LogP contribution is -2.44. The van der Waals surface area contributed by atoms with Gasteiger partial charge in [0.05, 0.1) is 5.56 Å². The number of piperidine rings is 2. The summed E-state index contributed by atoms with van der Waals surface area (Å²) in [5.41, 5.74) is 3.36. The van der Waals surface area contributed by atoms with Gasteiger partial charge in [-0.05, 0) is 75.6 Å². The van der Waals surface area contributed by atoms with E-state index in [2.05, 4.69) is 46.4 Å². The van der Waals surface area contributed by atoms with Gasteiger partial charge in [-0.2, -0.15) is 17.8 Å². The Bertz CT molecular complexity index is 1440. The number of rotatable bonds is 11. The molecule has 0 atom stereocenters. The molecule has 2 aliphatic rings. The SMILES string of the molecule is Cc1ccc(CN2CCC(NC(=O)c3ccc(C(=O)N4CCC(Oc5ccc(OSN(C)C(C)(C)F)cc5)CC4)nc3)CC2)cc1.S. The van der Waals surface area contributed by atoms with Crippen LogP contribution in [0.15, 0.2) is 66.9 Å². The summed E-state index contributed by atoms with van der Waals surface area (Å²) in [4.78, 5) is 34.6. The fourth-order valence-corrected chi connectivity index (χ4v) is 5.89. The average molecular weight is 684 g/mol. The van der Waals surface area contributed by atoms with Crippen LogP contribution in [0.3, 0.4) is 0 Å². The number of carbonyl (C=O) groups is 2. The summed E-state index contributed by atoms with van der Waals surface area (Å²) in [6, 6.07) is 19.3. The van der Waals surface area contributed by atoms with E-state index in [-0.39, 0.29) is 37.5 Å². The van der Waals surface area contributed by atoms with Gasteiger partial charge in [-0.15, -0.1) is 0 Å². The van der Waals surface area contributed by atoms with Crippen molar-refractivity contribution in [2.75, 3.05) is 33.2 Å². The summed E-state index contributed by atoms with van der Waals surface area (Å²) in [7, 11) is 1.63. The van der Waals surface area contributed by atoms with E-state index in [0.717, 1.165) is 44.7 Å². The first-order valence-electron chi connectivity index (χ1n) is 15.9. The van der Waals surface area contributed by atoms with Gasteiger partial charge < -0.3 is 19.1 Å². The van der Waals surface area contributed by atoms with E-state index >= 15 is 0 Å². The minimum atomic E-state index is -1.50. The van der Waals surface area contributed by atoms with Crippen molar-refractivity contribution in [3.63, 3.8) is 0 Å². The molecule has 2 fully saturated rings. The largest absolute Gasteiger partial charge is 0.490 e. The molecular formula is C35H46FN5O4S2. The fraction of sp³-hybridized carbons (Fsp3) is 0.457. The van der Waals surface area contributed by atoms with Gasteiger partial charge in [0, 0.05) is 64.9 Å². The van der Waals surface area contributed by atoms with E-state index in [1.807, 2.05) is 12.1 Å². The van der Waals surface area contributed by atoms with Gasteiger partial charge in [0.15, 0.2) is 5.79 Å². The maximum Gasteiger partial charge on any atom is 0.272 e. The van der Waals surface area contributed by atoms with Crippen LogP contribution < -0.4 is 14.2 Å². The molecule has 2 aliphatic heterocycles. The molecule has 0 saturated carbocycles. The third-order valence-corrected chi connectivity index (χ3v) is 9.47. The predicted molar refractivity (Wildman–Crippen MR) is 189 cm³/mol. The maximum absolute atomic E-state index is 13.9. The number of aromatic nitrogens is 1. The normalized spacial score (nSPS) is 16.4. The van der Waals surface area contributed by atoms with Crippen molar-refractivity contribution in [3.05, 3.63) is 89.2 Å². The predicted octanol–water partition coefficient (Wildman–Crippen LogP) is 6.16. The Labute approximate surface area is 289 Å². The van der Waals surface area contributed by atoms with Crippen LogP contribution in [-0.2, 0) is 6.54 Å². The summed E-state index contributed by atoms with van der Waals surface area (Å²) >= 11 is 0.942. The topological polar surface area (TPSA) is 87.2 Å². The Hall–Kier alpha value is -3.32. The molecule has 3 heterocycles. The molecule has 2 aromatic carbocycles. The van der Waals surface area contributed by atoms with Gasteiger partial charge in [-0.1, -0.05) is 29.8 Å². The highest BCUT2D eigenvalue weighted by Gasteiger charge is 2.27. The molecule has 2 saturated heterocycles. The second kappa shape index (κ2) is 16.7. The zero-order chi connectivity index (χ0) is 32.7. The molecule has 3 aromatic rings. The number of aryl methyl sites for hydroxylation is 1. The highest BCUT2D eigenvalue weighted by molar-refractivity contribution is 7.92. The summed E-state index contributed by atoms with van der Waals surface area (Å²) in [5, 5.41) is 3.14. The van der Waals surface area contributed by atoms with Crippen molar-refractivity contribution >= 4 is 37.5 Å². The number of nitrogens with zero attached hydrogens (tertiary/aromatic N) is 4. The van der Waals surface area contributed by atoms with Crippen LogP contribution in [0.4, 0.5) is 4.39 Å². The molecule has 2 amide bonds. The number of amides is 2. The van der Waals surface area contributed by atoms with E-state index in [9.17, 15) is 14.0 Å². The van der Waals surface area contributed by atoms with Gasteiger partial charge in [-0.3, -0.25) is 19.5 Å². The van der Waals surface area contributed by atoms with Gasteiger partial charge in [-0.25, -0.2) is 4.39 Å². The minimum absolute atomic E-state index is 0. The van der Waals surface area contributed by atoms with Crippen LogP contribution in [0, 0.1) is 6.92 Å². The van der Waals surface area contributed by atoms with Crippen LogP contribution in [0.1, 0.15) is 71.5 Å². The first-order chi connectivity index (χ1) is 22.0. The zero-order valence-corrected chi connectivity index (χ0v) is 29.4. The molecule has 0 unspecified atom stereocenters. The van der Waals surface area contributed by atoms with Crippen LogP contribution in [0.25, 0.3) is 0 Å². The first kappa shape index (κ1) is 36.5.